The largest absolute Gasteiger partial charge is 0.390 e. The van der Waals surface area contributed by atoms with E-state index in [4.69, 9.17) is 10.2 Å². The second-order valence-corrected chi connectivity index (χ2v) is 2.69. The lowest BCUT2D eigenvalue weighted by Gasteiger charge is -2.30. The second kappa shape index (κ2) is 2.64. The molecule has 54 valence electrons. The van der Waals surface area contributed by atoms with E-state index < -0.39 is 12.2 Å². The monoisotopic (exact) mass is 131 g/mol. The maximum absolute atomic E-state index is 9.06. The molecule has 0 radical (unpaired) electrons. The van der Waals surface area contributed by atoms with E-state index in [0.29, 0.717) is 13.0 Å². The molecule has 2 atom stereocenters. The van der Waals surface area contributed by atoms with Gasteiger partial charge in [0.05, 0.1) is 12.2 Å². The average molecular weight is 131 g/mol. The number of nitrogens with zero attached hydrogens (tertiary/aromatic N) is 1. The summed E-state index contributed by atoms with van der Waals surface area (Å²) >= 11 is 0. The molecule has 0 aromatic rings. The van der Waals surface area contributed by atoms with E-state index in [1.807, 2.05) is 11.9 Å². The summed E-state index contributed by atoms with van der Waals surface area (Å²) < 4.78 is 0. The van der Waals surface area contributed by atoms with E-state index in [1.54, 1.807) is 0 Å². The van der Waals surface area contributed by atoms with Crippen molar-refractivity contribution in [2.75, 3.05) is 20.1 Å². The Hall–Kier alpha value is -0.120. The summed E-state index contributed by atoms with van der Waals surface area (Å²) in [6.45, 7) is 1.49. The van der Waals surface area contributed by atoms with Crippen LogP contribution in [0.1, 0.15) is 6.42 Å². The van der Waals surface area contributed by atoms with E-state index in [2.05, 4.69) is 0 Å². The molecule has 1 fully saturated rings. The Morgan fingerprint density at radius 1 is 1.33 bits per heavy atom. The first-order valence-electron chi connectivity index (χ1n) is 3.25. The molecule has 1 aliphatic rings. The Morgan fingerprint density at radius 3 is 2.44 bits per heavy atom. The molecule has 0 saturated carbocycles. The van der Waals surface area contributed by atoms with Crippen LogP contribution in [0.15, 0.2) is 0 Å². The summed E-state index contributed by atoms with van der Waals surface area (Å²) in [4.78, 5) is 2.01. The number of likely N-dealkylation sites (tertiary alicyclic amines) is 1. The lowest BCUT2D eigenvalue weighted by Crippen LogP contribution is -2.44. The number of aliphatic hydroxyl groups excluding tert-OH is 2. The van der Waals surface area contributed by atoms with E-state index in [1.165, 1.54) is 0 Å². The molecule has 1 aliphatic heterocycles. The molecular formula is C6H13NO2. The van der Waals surface area contributed by atoms with Gasteiger partial charge < -0.3 is 15.1 Å². The molecule has 0 aromatic heterocycles. The minimum absolute atomic E-state index is 0.499. The highest BCUT2D eigenvalue weighted by Crippen LogP contribution is 2.07. The smallest absolute Gasteiger partial charge is 0.0925 e. The molecule has 1 saturated heterocycles. The molecule has 0 aliphatic carbocycles. The van der Waals surface area contributed by atoms with Crippen molar-refractivity contribution in [3.05, 3.63) is 0 Å². The predicted octanol–water partition coefficient (Wildman–Crippen LogP) is -0.956. The molecular weight excluding hydrogens is 118 g/mol. The zero-order chi connectivity index (χ0) is 6.85. The van der Waals surface area contributed by atoms with Crippen molar-refractivity contribution in [2.24, 2.45) is 0 Å². The molecule has 0 amide bonds. The first-order chi connectivity index (χ1) is 4.20. The van der Waals surface area contributed by atoms with Crippen molar-refractivity contribution < 1.29 is 10.2 Å². The van der Waals surface area contributed by atoms with Gasteiger partial charge in [0.1, 0.15) is 0 Å². The van der Waals surface area contributed by atoms with Gasteiger partial charge in [-0.15, -0.1) is 0 Å². The number of rotatable bonds is 0. The van der Waals surface area contributed by atoms with E-state index in [0.717, 1.165) is 6.54 Å². The SMILES string of the molecule is CN1CCC(O)C(O)C1. The first-order valence-corrected chi connectivity index (χ1v) is 3.25. The van der Waals surface area contributed by atoms with E-state index >= 15 is 0 Å². The Kier molecular flexibility index (Phi) is 2.05. The van der Waals surface area contributed by atoms with Gasteiger partial charge in [0, 0.05) is 13.1 Å². The minimum atomic E-state index is -0.538. The summed E-state index contributed by atoms with van der Waals surface area (Å²) in [7, 11) is 1.94. The summed E-state index contributed by atoms with van der Waals surface area (Å²) in [6, 6.07) is 0. The quantitative estimate of drug-likeness (QED) is 0.445. The standard InChI is InChI=1S/C6H13NO2/c1-7-3-2-5(8)6(9)4-7/h5-6,8-9H,2-4H2,1H3. The summed E-state index contributed by atoms with van der Waals surface area (Å²) in [5, 5.41) is 18.1. The van der Waals surface area contributed by atoms with Gasteiger partial charge in [-0.05, 0) is 13.5 Å². The molecule has 9 heavy (non-hydrogen) atoms. The molecule has 2 unspecified atom stereocenters. The van der Waals surface area contributed by atoms with Crippen molar-refractivity contribution >= 4 is 0 Å². The van der Waals surface area contributed by atoms with E-state index in [-0.39, 0.29) is 0 Å². The summed E-state index contributed by atoms with van der Waals surface area (Å²) in [5.74, 6) is 0. The van der Waals surface area contributed by atoms with Crippen molar-refractivity contribution in [3.8, 4) is 0 Å². The second-order valence-electron chi connectivity index (χ2n) is 2.69. The third-order valence-corrected chi connectivity index (χ3v) is 1.75. The Labute approximate surface area is 54.9 Å². The molecule has 1 rings (SSSR count). The van der Waals surface area contributed by atoms with Gasteiger partial charge in [-0.25, -0.2) is 0 Å². The molecule has 3 heteroatoms. The highest BCUT2D eigenvalue weighted by Gasteiger charge is 2.22. The number of β-amino-alcohol motifs (C(OH)–C–C–N with tert-alkyl or cyclic N) is 1. The summed E-state index contributed by atoms with van der Waals surface area (Å²) in [5.41, 5.74) is 0. The molecule has 0 bridgehead atoms. The normalized spacial score (nSPS) is 39.0. The fourth-order valence-corrected chi connectivity index (χ4v) is 1.08. The van der Waals surface area contributed by atoms with Crippen molar-refractivity contribution in [1.82, 2.24) is 4.90 Å². The number of piperidine rings is 1. The van der Waals surface area contributed by atoms with Crippen LogP contribution < -0.4 is 0 Å². The van der Waals surface area contributed by atoms with Crippen LogP contribution in [0.25, 0.3) is 0 Å². The molecule has 2 N–H and O–H groups in total. The Balaban J connectivity index is 2.35. The van der Waals surface area contributed by atoms with Gasteiger partial charge >= 0.3 is 0 Å². The maximum Gasteiger partial charge on any atom is 0.0925 e. The number of hydrogen-bond donors (Lipinski definition) is 2. The van der Waals surface area contributed by atoms with Crippen LogP contribution in [-0.4, -0.2) is 47.5 Å². The highest BCUT2D eigenvalue weighted by molar-refractivity contribution is 4.76. The lowest BCUT2D eigenvalue weighted by molar-refractivity contribution is -0.0318. The van der Waals surface area contributed by atoms with Crippen LogP contribution in [0.4, 0.5) is 0 Å². The average Bonchev–Trinajstić information content (AvgIpc) is 1.80. The number of aliphatic hydroxyl groups is 2. The predicted molar refractivity (Wildman–Crippen MR) is 34.1 cm³/mol. The van der Waals surface area contributed by atoms with Crippen LogP contribution >= 0.6 is 0 Å². The number of hydrogen-bond acceptors (Lipinski definition) is 3. The Morgan fingerprint density at radius 2 is 2.00 bits per heavy atom. The molecule has 0 aromatic carbocycles. The van der Waals surface area contributed by atoms with Crippen LogP contribution in [0, 0.1) is 0 Å². The summed E-state index contributed by atoms with van der Waals surface area (Å²) in [6.07, 6.45) is -0.345. The third-order valence-electron chi connectivity index (χ3n) is 1.75. The highest BCUT2D eigenvalue weighted by atomic mass is 16.3. The van der Waals surface area contributed by atoms with E-state index in [9.17, 15) is 0 Å². The topological polar surface area (TPSA) is 43.7 Å². The fraction of sp³-hybridized carbons (Fsp3) is 1.00. The van der Waals surface area contributed by atoms with Gasteiger partial charge in [0.2, 0.25) is 0 Å². The van der Waals surface area contributed by atoms with Crippen molar-refractivity contribution in [2.45, 2.75) is 18.6 Å². The fourth-order valence-electron chi connectivity index (χ4n) is 1.08. The van der Waals surface area contributed by atoms with Crippen LogP contribution in [-0.2, 0) is 0 Å². The van der Waals surface area contributed by atoms with Gasteiger partial charge in [0.15, 0.2) is 0 Å². The minimum Gasteiger partial charge on any atom is -0.390 e. The molecule has 3 nitrogen and oxygen atoms in total. The van der Waals surface area contributed by atoms with Gasteiger partial charge in [-0.2, -0.15) is 0 Å². The number of likely N-dealkylation sites (N-methyl/N-ethyl adjacent to an activating group) is 1. The van der Waals surface area contributed by atoms with Crippen LogP contribution in [0.5, 0.6) is 0 Å². The zero-order valence-electron chi connectivity index (χ0n) is 5.62. The maximum atomic E-state index is 9.06. The van der Waals surface area contributed by atoms with Crippen LogP contribution in [0.2, 0.25) is 0 Å². The first kappa shape index (κ1) is 6.99. The van der Waals surface area contributed by atoms with Crippen LogP contribution in [0.3, 0.4) is 0 Å². The van der Waals surface area contributed by atoms with Gasteiger partial charge in [0.25, 0.3) is 0 Å². The molecule has 0 spiro atoms. The van der Waals surface area contributed by atoms with Crippen molar-refractivity contribution in [1.29, 1.82) is 0 Å². The molecule has 1 heterocycles. The lowest BCUT2D eigenvalue weighted by atomic mass is 10.1. The Bertz CT molecular complexity index is 97.1. The third kappa shape index (κ3) is 1.64. The van der Waals surface area contributed by atoms with Crippen molar-refractivity contribution in [3.63, 3.8) is 0 Å². The van der Waals surface area contributed by atoms with Gasteiger partial charge in [-0.1, -0.05) is 0 Å². The van der Waals surface area contributed by atoms with Gasteiger partial charge in [-0.3, -0.25) is 0 Å². The zero-order valence-corrected chi connectivity index (χ0v) is 5.62.